The number of nitrogens with one attached hydrogen (secondary N) is 1. The van der Waals surface area contributed by atoms with Crippen LogP contribution in [0.5, 0.6) is 0 Å². The SMILES string of the molecule is CC(C)N1CCC(Nc2ccc(CC(N)=O)cc2)C1. The largest absolute Gasteiger partial charge is 0.381 e. The summed E-state index contributed by atoms with van der Waals surface area (Å²) in [6.07, 6.45) is 1.49. The van der Waals surface area contributed by atoms with E-state index in [0.717, 1.165) is 24.3 Å². The maximum atomic E-state index is 10.8. The second kappa shape index (κ2) is 6.06. The van der Waals surface area contributed by atoms with Crippen molar-refractivity contribution in [3.8, 4) is 0 Å². The minimum Gasteiger partial charge on any atom is -0.381 e. The van der Waals surface area contributed by atoms with Crippen molar-refractivity contribution in [2.75, 3.05) is 18.4 Å². The molecule has 4 heteroatoms. The van der Waals surface area contributed by atoms with Gasteiger partial charge in [0.25, 0.3) is 0 Å². The van der Waals surface area contributed by atoms with Gasteiger partial charge in [-0.25, -0.2) is 0 Å². The maximum Gasteiger partial charge on any atom is 0.221 e. The van der Waals surface area contributed by atoms with Crippen LogP contribution in [0.4, 0.5) is 5.69 Å². The van der Waals surface area contributed by atoms with Crippen LogP contribution in [0.1, 0.15) is 25.8 Å². The molecule has 104 valence electrons. The summed E-state index contributed by atoms with van der Waals surface area (Å²) in [6, 6.07) is 9.10. The van der Waals surface area contributed by atoms with Crippen molar-refractivity contribution in [2.45, 2.75) is 38.8 Å². The molecule has 3 N–H and O–H groups in total. The third-order valence-electron chi connectivity index (χ3n) is 3.65. The van der Waals surface area contributed by atoms with Crippen molar-refractivity contribution >= 4 is 11.6 Å². The second-order valence-corrected chi connectivity index (χ2v) is 5.56. The number of anilines is 1. The van der Waals surface area contributed by atoms with E-state index in [0.29, 0.717) is 18.5 Å². The van der Waals surface area contributed by atoms with E-state index in [1.807, 2.05) is 24.3 Å². The minimum absolute atomic E-state index is 0.288. The molecular formula is C15H23N3O. The van der Waals surface area contributed by atoms with Crippen LogP contribution in [0.3, 0.4) is 0 Å². The Morgan fingerprint density at radius 2 is 2.11 bits per heavy atom. The molecule has 1 aliphatic rings. The molecule has 1 aromatic carbocycles. The van der Waals surface area contributed by atoms with E-state index in [-0.39, 0.29) is 5.91 Å². The first-order valence-electron chi connectivity index (χ1n) is 6.92. The molecule has 1 heterocycles. The van der Waals surface area contributed by atoms with Crippen molar-refractivity contribution in [3.63, 3.8) is 0 Å². The van der Waals surface area contributed by atoms with E-state index in [4.69, 9.17) is 5.73 Å². The number of amides is 1. The summed E-state index contributed by atoms with van der Waals surface area (Å²) in [7, 11) is 0. The van der Waals surface area contributed by atoms with Crippen LogP contribution < -0.4 is 11.1 Å². The summed E-state index contributed by atoms with van der Waals surface area (Å²) in [5.74, 6) is -0.288. The average molecular weight is 261 g/mol. The molecule has 0 spiro atoms. The molecule has 1 saturated heterocycles. The summed E-state index contributed by atoms with van der Waals surface area (Å²) in [6.45, 7) is 6.73. The van der Waals surface area contributed by atoms with Crippen molar-refractivity contribution in [1.29, 1.82) is 0 Å². The number of carbonyl (C=O) groups excluding carboxylic acids is 1. The molecule has 0 radical (unpaired) electrons. The Morgan fingerprint density at radius 3 is 2.63 bits per heavy atom. The van der Waals surface area contributed by atoms with Crippen molar-refractivity contribution < 1.29 is 4.79 Å². The van der Waals surface area contributed by atoms with Crippen LogP contribution in [0.25, 0.3) is 0 Å². The van der Waals surface area contributed by atoms with Crippen molar-refractivity contribution in [3.05, 3.63) is 29.8 Å². The predicted molar refractivity (Wildman–Crippen MR) is 78.1 cm³/mol. The smallest absolute Gasteiger partial charge is 0.221 e. The highest BCUT2D eigenvalue weighted by Crippen LogP contribution is 2.18. The fourth-order valence-corrected chi connectivity index (χ4v) is 2.53. The number of nitrogens with zero attached hydrogens (tertiary/aromatic N) is 1. The van der Waals surface area contributed by atoms with Crippen LogP contribution in [0.15, 0.2) is 24.3 Å². The third kappa shape index (κ3) is 3.96. The quantitative estimate of drug-likeness (QED) is 0.846. The van der Waals surface area contributed by atoms with Crippen LogP contribution in [-0.4, -0.2) is 36.0 Å². The number of hydrogen-bond acceptors (Lipinski definition) is 3. The van der Waals surface area contributed by atoms with E-state index >= 15 is 0 Å². The number of nitrogens with two attached hydrogens (primary N) is 1. The number of benzene rings is 1. The number of carbonyl (C=O) groups is 1. The maximum absolute atomic E-state index is 10.8. The Labute approximate surface area is 115 Å². The number of likely N-dealkylation sites (tertiary alicyclic amines) is 1. The van der Waals surface area contributed by atoms with Gasteiger partial charge >= 0.3 is 0 Å². The van der Waals surface area contributed by atoms with Gasteiger partial charge in [0.1, 0.15) is 0 Å². The van der Waals surface area contributed by atoms with Gasteiger partial charge in [-0.05, 0) is 38.0 Å². The van der Waals surface area contributed by atoms with E-state index in [1.165, 1.54) is 6.42 Å². The standard InChI is InChI=1S/C15H23N3O/c1-11(2)18-8-7-14(10-18)17-13-5-3-12(4-6-13)9-15(16)19/h3-6,11,14,17H,7-10H2,1-2H3,(H2,16,19). The van der Waals surface area contributed by atoms with Gasteiger partial charge < -0.3 is 11.1 Å². The number of primary amides is 1. The van der Waals surface area contributed by atoms with Gasteiger partial charge in [-0.2, -0.15) is 0 Å². The Bertz CT molecular complexity index is 428. The lowest BCUT2D eigenvalue weighted by atomic mass is 10.1. The van der Waals surface area contributed by atoms with Gasteiger partial charge in [0.2, 0.25) is 5.91 Å². The fourth-order valence-electron chi connectivity index (χ4n) is 2.53. The van der Waals surface area contributed by atoms with Gasteiger partial charge in [0.05, 0.1) is 6.42 Å². The monoisotopic (exact) mass is 261 g/mol. The molecular weight excluding hydrogens is 238 g/mol. The molecule has 1 aliphatic heterocycles. The van der Waals surface area contributed by atoms with E-state index in [9.17, 15) is 4.79 Å². The molecule has 19 heavy (non-hydrogen) atoms. The van der Waals surface area contributed by atoms with Gasteiger partial charge in [-0.1, -0.05) is 12.1 Å². The van der Waals surface area contributed by atoms with Crippen LogP contribution in [0, 0.1) is 0 Å². The Morgan fingerprint density at radius 1 is 1.42 bits per heavy atom. The molecule has 1 unspecified atom stereocenters. The lowest BCUT2D eigenvalue weighted by molar-refractivity contribution is -0.117. The topological polar surface area (TPSA) is 58.4 Å². The zero-order valence-electron chi connectivity index (χ0n) is 11.7. The number of rotatable bonds is 5. The van der Waals surface area contributed by atoms with Crippen molar-refractivity contribution in [2.24, 2.45) is 5.73 Å². The van der Waals surface area contributed by atoms with Gasteiger partial charge in [-0.3, -0.25) is 9.69 Å². The molecule has 1 aromatic rings. The number of hydrogen-bond donors (Lipinski definition) is 2. The minimum atomic E-state index is -0.288. The molecule has 1 fully saturated rings. The highest BCUT2D eigenvalue weighted by Gasteiger charge is 2.23. The summed E-state index contributed by atoms with van der Waals surface area (Å²) >= 11 is 0. The van der Waals surface area contributed by atoms with Crippen molar-refractivity contribution in [1.82, 2.24) is 4.90 Å². The average Bonchev–Trinajstić information content (AvgIpc) is 2.80. The molecule has 2 rings (SSSR count). The zero-order valence-corrected chi connectivity index (χ0v) is 11.7. The summed E-state index contributed by atoms with van der Waals surface area (Å²) < 4.78 is 0. The second-order valence-electron chi connectivity index (χ2n) is 5.56. The molecule has 1 atom stereocenters. The normalized spacial score (nSPS) is 19.8. The van der Waals surface area contributed by atoms with E-state index in [1.54, 1.807) is 0 Å². The summed E-state index contributed by atoms with van der Waals surface area (Å²) in [5, 5.41) is 3.55. The Hall–Kier alpha value is -1.55. The van der Waals surface area contributed by atoms with Crippen LogP contribution >= 0.6 is 0 Å². The van der Waals surface area contributed by atoms with Crippen LogP contribution in [0.2, 0.25) is 0 Å². The van der Waals surface area contributed by atoms with Crippen LogP contribution in [-0.2, 0) is 11.2 Å². The molecule has 1 amide bonds. The van der Waals surface area contributed by atoms with Gasteiger partial charge in [0, 0.05) is 30.9 Å². The molecule has 0 bridgehead atoms. The lowest BCUT2D eigenvalue weighted by Crippen LogP contribution is -2.31. The summed E-state index contributed by atoms with van der Waals surface area (Å²) in [5.41, 5.74) is 7.26. The molecule has 0 aromatic heterocycles. The first-order valence-corrected chi connectivity index (χ1v) is 6.92. The Balaban J connectivity index is 1.88. The first-order chi connectivity index (χ1) is 9.04. The third-order valence-corrected chi connectivity index (χ3v) is 3.65. The highest BCUT2D eigenvalue weighted by atomic mass is 16.1. The first kappa shape index (κ1) is 13.9. The summed E-state index contributed by atoms with van der Waals surface area (Å²) in [4.78, 5) is 13.3. The van der Waals surface area contributed by atoms with E-state index in [2.05, 4.69) is 24.1 Å². The lowest BCUT2D eigenvalue weighted by Gasteiger charge is -2.20. The highest BCUT2D eigenvalue weighted by molar-refractivity contribution is 5.76. The van der Waals surface area contributed by atoms with Gasteiger partial charge in [0.15, 0.2) is 0 Å². The molecule has 0 saturated carbocycles. The van der Waals surface area contributed by atoms with Gasteiger partial charge in [-0.15, -0.1) is 0 Å². The molecule has 4 nitrogen and oxygen atoms in total. The zero-order chi connectivity index (χ0) is 13.8. The molecule has 0 aliphatic carbocycles. The fraction of sp³-hybridized carbons (Fsp3) is 0.533. The predicted octanol–water partition coefficient (Wildman–Crippen LogP) is 1.61. The Kier molecular flexibility index (Phi) is 4.43. The van der Waals surface area contributed by atoms with E-state index < -0.39 is 0 Å².